The van der Waals surface area contributed by atoms with Gasteiger partial charge in [-0.2, -0.15) is 0 Å². The van der Waals surface area contributed by atoms with E-state index in [9.17, 15) is 0 Å². The van der Waals surface area contributed by atoms with Gasteiger partial charge in [0.15, 0.2) is 17.5 Å². The van der Waals surface area contributed by atoms with E-state index >= 15 is 0 Å². The largest absolute Gasteiger partial charge is 0.208 e. The fourth-order valence-corrected chi connectivity index (χ4v) is 7.05. The molecule has 240 valence electrons. The number of nitrogens with zero attached hydrogens (tertiary/aromatic N) is 3. The molecule has 9 rings (SSSR count). The molecule has 0 aliphatic heterocycles. The minimum atomic E-state index is 0.643. The van der Waals surface area contributed by atoms with Gasteiger partial charge in [-0.05, 0) is 67.9 Å². The third kappa shape index (κ3) is 5.75. The molecule has 8 aromatic carbocycles. The number of aromatic nitrogens is 3. The van der Waals surface area contributed by atoms with Crippen LogP contribution >= 0.6 is 0 Å². The number of hydrogen-bond donors (Lipinski definition) is 0. The van der Waals surface area contributed by atoms with Crippen molar-refractivity contribution in [3.8, 4) is 67.5 Å². The van der Waals surface area contributed by atoms with Gasteiger partial charge in [-0.1, -0.05) is 181 Å². The zero-order valence-corrected chi connectivity index (χ0v) is 28.2. The fraction of sp³-hybridized carbons (Fsp3) is 0.0208. The van der Waals surface area contributed by atoms with E-state index in [0.717, 1.165) is 22.1 Å². The first kappa shape index (κ1) is 30.4. The molecule has 9 aromatic rings. The molecule has 3 nitrogen and oxygen atoms in total. The molecular formula is C48H33N3. The lowest BCUT2D eigenvalue weighted by Crippen LogP contribution is -2.00. The lowest BCUT2D eigenvalue weighted by molar-refractivity contribution is 1.07. The smallest absolute Gasteiger partial charge is 0.164 e. The molecule has 0 saturated carbocycles. The molecule has 0 aliphatic carbocycles. The average Bonchev–Trinajstić information content (AvgIpc) is 3.21. The first-order valence-corrected chi connectivity index (χ1v) is 17.3. The summed E-state index contributed by atoms with van der Waals surface area (Å²) in [6.07, 6.45) is 0. The van der Waals surface area contributed by atoms with Gasteiger partial charge in [-0.15, -0.1) is 0 Å². The second-order valence-corrected chi connectivity index (χ2v) is 12.9. The van der Waals surface area contributed by atoms with E-state index < -0.39 is 0 Å². The molecule has 0 N–H and O–H groups in total. The van der Waals surface area contributed by atoms with Crippen LogP contribution in [0, 0.1) is 6.92 Å². The summed E-state index contributed by atoms with van der Waals surface area (Å²) in [5.74, 6) is 1.95. The highest BCUT2D eigenvalue weighted by Crippen LogP contribution is 2.45. The summed E-state index contributed by atoms with van der Waals surface area (Å²) < 4.78 is 0. The minimum Gasteiger partial charge on any atom is -0.208 e. The highest BCUT2D eigenvalue weighted by molar-refractivity contribution is 6.22. The Hall–Kier alpha value is -6.71. The minimum absolute atomic E-state index is 0.643. The number of hydrogen-bond acceptors (Lipinski definition) is 3. The van der Waals surface area contributed by atoms with Gasteiger partial charge in [0.05, 0.1) is 0 Å². The number of fused-ring (bicyclic) bond motifs is 3. The molecule has 0 spiro atoms. The van der Waals surface area contributed by atoms with Gasteiger partial charge in [0.2, 0.25) is 0 Å². The molecule has 0 amide bonds. The van der Waals surface area contributed by atoms with Crippen LogP contribution in [0.25, 0.3) is 89.1 Å². The first-order valence-electron chi connectivity index (χ1n) is 17.3. The van der Waals surface area contributed by atoms with Gasteiger partial charge in [-0.3, -0.25) is 0 Å². The van der Waals surface area contributed by atoms with Crippen LogP contribution in [0.4, 0.5) is 0 Å². The molecule has 0 radical (unpaired) electrons. The summed E-state index contributed by atoms with van der Waals surface area (Å²) in [6.45, 7) is 2.12. The molecule has 0 atom stereocenters. The maximum absolute atomic E-state index is 5.05. The van der Waals surface area contributed by atoms with Crippen LogP contribution in [0.3, 0.4) is 0 Å². The first-order chi connectivity index (χ1) is 25.2. The zero-order valence-electron chi connectivity index (χ0n) is 28.2. The molecule has 0 aliphatic rings. The van der Waals surface area contributed by atoms with Crippen molar-refractivity contribution in [2.24, 2.45) is 0 Å². The van der Waals surface area contributed by atoms with E-state index in [0.29, 0.717) is 17.5 Å². The summed E-state index contributed by atoms with van der Waals surface area (Å²) >= 11 is 0. The monoisotopic (exact) mass is 651 g/mol. The third-order valence-corrected chi connectivity index (χ3v) is 9.60. The SMILES string of the molecule is Cc1ccc(-c2ccc(-c3c(-c4ccccc4)c4ccccc4c4cc(-c5nc(-c6ccccc6)nc(-c6ccccc6)n5)ccc34)cc2)cc1. The highest BCUT2D eigenvalue weighted by Gasteiger charge is 2.19. The maximum Gasteiger partial charge on any atom is 0.164 e. The normalized spacial score (nSPS) is 11.2. The molecule has 3 heteroatoms. The average molecular weight is 652 g/mol. The van der Waals surface area contributed by atoms with E-state index in [1.54, 1.807) is 0 Å². The summed E-state index contributed by atoms with van der Waals surface area (Å²) in [6, 6.07) is 64.2. The Morgan fingerprint density at radius 3 is 1.20 bits per heavy atom. The Morgan fingerprint density at radius 2 is 0.647 bits per heavy atom. The maximum atomic E-state index is 5.05. The van der Waals surface area contributed by atoms with Crippen molar-refractivity contribution in [3.05, 3.63) is 188 Å². The predicted octanol–water partition coefficient (Wildman–Crippen LogP) is 12.5. The standard InChI is InChI=1S/C48H33N3/c1-32-21-23-33(24-22-32)34-25-27-36(28-26-34)45-42-30-29-39(31-43(42)40-19-11-12-20-41(40)44(45)35-13-5-2-6-14-35)48-50-46(37-15-7-3-8-16-37)49-47(51-48)38-17-9-4-10-18-38/h2-31H,1H3. The summed E-state index contributed by atoms with van der Waals surface area (Å²) in [5, 5.41) is 4.73. The van der Waals surface area contributed by atoms with Crippen molar-refractivity contribution in [1.82, 2.24) is 15.0 Å². The van der Waals surface area contributed by atoms with Crippen molar-refractivity contribution >= 4 is 21.5 Å². The van der Waals surface area contributed by atoms with Crippen LogP contribution in [0.2, 0.25) is 0 Å². The quantitative estimate of drug-likeness (QED) is 0.168. The molecular weight excluding hydrogens is 619 g/mol. The molecule has 1 aromatic heterocycles. The van der Waals surface area contributed by atoms with Gasteiger partial charge in [-0.25, -0.2) is 15.0 Å². The van der Waals surface area contributed by atoms with Gasteiger partial charge in [0.25, 0.3) is 0 Å². The molecule has 0 unspecified atom stereocenters. The topological polar surface area (TPSA) is 38.7 Å². The van der Waals surface area contributed by atoms with Gasteiger partial charge in [0.1, 0.15) is 0 Å². The van der Waals surface area contributed by atoms with Crippen LogP contribution in [-0.2, 0) is 0 Å². The van der Waals surface area contributed by atoms with Crippen molar-refractivity contribution in [1.29, 1.82) is 0 Å². The van der Waals surface area contributed by atoms with E-state index in [4.69, 9.17) is 15.0 Å². The van der Waals surface area contributed by atoms with Gasteiger partial charge < -0.3 is 0 Å². The van der Waals surface area contributed by atoms with Crippen LogP contribution < -0.4 is 0 Å². The Bertz CT molecular complexity index is 2590. The second kappa shape index (κ2) is 13.0. The second-order valence-electron chi connectivity index (χ2n) is 12.9. The molecule has 0 saturated heterocycles. The molecule has 0 bridgehead atoms. The Morgan fingerprint density at radius 1 is 0.275 bits per heavy atom. The lowest BCUT2D eigenvalue weighted by atomic mass is 9.84. The fourth-order valence-electron chi connectivity index (χ4n) is 7.05. The Balaban J connectivity index is 1.29. The van der Waals surface area contributed by atoms with E-state index in [2.05, 4.69) is 128 Å². The summed E-state index contributed by atoms with van der Waals surface area (Å²) in [4.78, 5) is 15.0. The van der Waals surface area contributed by atoms with Crippen molar-refractivity contribution in [2.45, 2.75) is 6.92 Å². The predicted molar refractivity (Wildman–Crippen MR) is 212 cm³/mol. The lowest BCUT2D eigenvalue weighted by Gasteiger charge is -2.19. The van der Waals surface area contributed by atoms with Gasteiger partial charge in [0, 0.05) is 16.7 Å². The van der Waals surface area contributed by atoms with Crippen molar-refractivity contribution in [2.75, 3.05) is 0 Å². The summed E-state index contributed by atoms with van der Waals surface area (Å²) in [5.41, 5.74) is 11.3. The van der Waals surface area contributed by atoms with E-state index in [1.165, 1.54) is 55.1 Å². The Kier molecular flexibility index (Phi) is 7.71. The molecule has 51 heavy (non-hydrogen) atoms. The third-order valence-electron chi connectivity index (χ3n) is 9.60. The van der Waals surface area contributed by atoms with Crippen LogP contribution in [0.5, 0.6) is 0 Å². The van der Waals surface area contributed by atoms with Crippen LogP contribution in [-0.4, -0.2) is 15.0 Å². The van der Waals surface area contributed by atoms with Crippen LogP contribution in [0.1, 0.15) is 5.56 Å². The number of aryl methyl sites for hydroxylation is 1. The molecule has 1 heterocycles. The van der Waals surface area contributed by atoms with E-state index in [-0.39, 0.29) is 0 Å². The van der Waals surface area contributed by atoms with E-state index in [1.807, 2.05) is 60.7 Å². The van der Waals surface area contributed by atoms with Gasteiger partial charge >= 0.3 is 0 Å². The molecule has 0 fully saturated rings. The Labute approximate surface area is 297 Å². The van der Waals surface area contributed by atoms with Crippen LogP contribution in [0.15, 0.2) is 182 Å². The summed E-state index contributed by atoms with van der Waals surface area (Å²) in [7, 11) is 0. The highest BCUT2D eigenvalue weighted by atomic mass is 15.0. The zero-order chi connectivity index (χ0) is 34.1. The van der Waals surface area contributed by atoms with Crippen molar-refractivity contribution < 1.29 is 0 Å². The van der Waals surface area contributed by atoms with Crippen molar-refractivity contribution in [3.63, 3.8) is 0 Å². The number of benzene rings is 8. The number of rotatable bonds is 6.